The van der Waals surface area contributed by atoms with Crippen LogP contribution in [0, 0.1) is 12.1 Å². The molecule has 0 fully saturated rings. The number of para-hydroxylation sites is 1. The molecule has 0 radical (unpaired) electrons. The topological polar surface area (TPSA) is 82.3 Å². The van der Waals surface area contributed by atoms with E-state index < -0.39 is 11.9 Å². The number of aromatic nitrogens is 1. The van der Waals surface area contributed by atoms with Crippen molar-refractivity contribution in [2.24, 2.45) is 0 Å². The van der Waals surface area contributed by atoms with Crippen LogP contribution in [-0.2, 0) is 16.0 Å². The number of nitrogens with zero attached hydrogens (tertiary/aromatic N) is 1. The molecular weight excluding hydrogens is 296 g/mol. The molecule has 0 unspecified atom stereocenters. The van der Waals surface area contributed by atoms with Gasteiger partial charge < -0.3 is 15.3 Å². The minimum Gasteiger partial charge on any atom is -0.619 e. The number of hydrogen-bond acceptors (Lipinski definition) is 4. The van der Waals surface area contributed by atoms with Crippen molar-refractivity contribution < 1.29 is 19.1 Å². The molecular formula is C17H18N2O4. The Balaban J connectivity index is 1.95. The van der Waals surface area contributed by atoms with Gasteiger partial charge in [0.2, 0.25) is 0 Å². The van der Waals surface area contributed by atoms with Crippen molar-refractivity contribution >= 4 is 17.6 Å². The van der Waals surface area contributed by atoms with Gasteiger partial charge in [-0.2, -0.15) is 4.73 Å². The zero-order valence-corrected chi connectivity index (χ0v) is 13.0. The molecule has 1 aromatic carbocycles. The number of pyridine rings is 1. The average Bonchev–Trinajstić information content (AvgIpc) is 2.55. The molecule has 0 aliphatic heterocycles. The Kier molecular flexibility index (Phi) is 5.30. The van der Waals surface area contributed by atoms with E-state index in [1.54, 1.807) is 0 Å². The third-order valence-electron chi connectivity index (χ3n) is 3.38. The molecule has 1 heterocycles. The normalized spacial score (nSPS) is 10.2. The third kappa shape index (κ3) is 4.29. The number of esters is 1. The van der Waals surface area contributed by atoms with E-state index in [2.05, 4.69) is 5.32 Å². The third-order valence-corrected chi connectivity index (χ3v) is 3.38. The van der Waals surface area contributed by atoms with E-state index in [4.69, 9.17) is 4.74 Å². The van der Waals surface area contributed by atoms with Gasteiger partial charge in [0, 0.05) is 17.8 Å². The van der Waals surface area contributed by atoms with Crippen molar-refractivity contribution in [3.05, 3.63) is 64.6 Å². The van der Waals surface area contributed by atoms with Crippen LogP contribution in [0.2, 0.25) is 0 Å². The number of nitrogens with one attached hydrogen (secondary N) is 1. The molecule has 0 spiro atoms. The molecule has 120 valence electrons. The monoisotopic (exact) mass is 314 g/mol. The number of rotatable bonds is 5. The molecule has 0 aliphatic rings. The largest absolute Gasteiger partial charge is 0.619 e. The van der Waals surface area contributed by atoms with E-state index in [0.717, 1.165) is 23.2 Å². The van der Waals surface area contributed by atoms with Crippen molar-refractivity contribution in [2.75, 3.05) is 11.9 Å². The lowest BCUT2D eigenvalue weighted by atomic mass is 10.1. The van der Waals surface area contributed by atoms with E-state index in [9.17, 15) is 14.8 Å². The SMILES string of the molecule is CCc1cccc(C)c1NC(=O)COC(=O)c1cc[n+]([O-])cc1. The average molecular weight is 314 g/mol. The van der Waals surface area contributed by atoms with E-state index >= 15 is 0 Å². The van der Waals surface area contributed by atoms with Crippen molar-refractivity contribution in [1.29, 1.82) is 0 Å². The first kappa shape index (κ1) is 16.5. The lowest BCUT2D eigenvalue weighted by Crippen LogP contribution is -2.25. The van der Waals surface area contributed by atoms with Gasteiger partial charge in [-0.3, -0.25) is 4.79 Å². The summed E-state index contributed by atoms with van der Waals surface area (Å²) in [7, 11) is 0. The van der Waals surface area contributed by atoms with Crippen LogP contribution in [0.3, 0.4) is 0 Å². The fourth-order valence-corrected chi connectivity index (χ4v) is 2.14. The van der Waals surface area contributed by atoms with Gasteiger partial charge in [-0.25, -0.2) is 4.79 Å². The lowest BCUT2D eigenvalue weighted by molar-refractivity contribution is -0.605. The van der Waals surface area contributed by atoms with Crippen LogP contribution in [0.1, 0.15) is 28.4 Å². The number of ether oxygens (including phenoxy) is 1. The van der Waals surface area contributed by atoms with Crippen LogP contribution >= 0.6 is 0 Å². The second-order valence-electron chi connectivity index (χ2n) is 5.03. The fourth-order valence-electron chi connectivity index (χ4n) is 2.14. The summed E-state index contributed by atoms with van der Waals surface area (Å²) in [6.07, 6.45) is 3.17. The van der Waals surface area contributed by atoms with Gasteiger partial charge in [-0.15, -0.1) is 0 Å². The van der Waals surface area contributed by atoms with Gasteiger partial charge in [-0.1, -0.05) is 25.1 Å². The Morgan fingerprint density at radius 1 is 1.22 bits per heavy atom. The molecule has 0 saturated carbocycles. The Hall–Kier alpha value is -2.89. The number of amides is 1. The molecule has 1 aromatic heterocycles. The van der Waals surface area contributed by atoms with Crippen LogP contribution in [0.4, 0.5) is 5.69 Å². The van der Waals surface area contributed by atoms with E-state index in [0.29, 0.717) is 4.73 Å². The minimum absolute atomic E-state index is 0.218. The van der Waals surface area contributed by atoms with Crippen molar-refractivity contribution in [3.63, 3.8) is 0 Å². The molecule has 1 amide bonds. The molecule has 0 atom stereocenters. The maximum absolute atomic E-state index is 12.0. The summed E-state index contributed by atoms with van der Waals surface area (Å²) in [5.41, 5.74) is 2.94. The number of anilines is 1. The molecule has 23 heavy (non-hydrogen) atoms. The van der Waals surface area contributed by atoms with Crippen LogP contribution in [-0.4, -0.2) is 18.5 Å². The zero-order valence-electron chi connectivity index (χ0n) is 13.0. The number of carbonyl (C=O) groups excluding carboxylic acids is 2. The summed E-state index contributed by atoms with van der Waals surface area (Å²) < 4.78 is 5.52. The van der Waals surface area contributed by atoms with Crippen molar-refractivity contribution in [1.82, 2.24) is 0 Å². The quantitative estimate of drug-likeness (QED) is 0.520. The van der Waals surface area contributed by atoms with Crippen LogP contribution in [0.5, 0.6) is 0 Å². The second kappa shape index (κ2) is 7.40. The number of aryl methyl sites for hydroxylation is 2. The summed E-state index contributed by atoms with van der Waals surface area (Å²) >= 11 is 0. The standard InChI is InChI=1S/C17H18N2O4/c1-3-13-6-4-5-12(2)16(13)18-15(20)11-23-17(21)14-7-9-19(22)10-8-14/h4-10H,3,11H2,1-2H3,(H,18,20). The highest BCUT2D eigenvalue weighted by Gasteiger charge is 2.13. The second-order valence-corrected chi connectivity index (χ2v) is 5.03. The van der Waals surface area contributed by atoms with E-state index in [1.165, 1.54) is 24.5 Å². The Bertz CT molecular complexity index is 711. The smallest absolute Gasteiger partial charge is 0.339 e. The van der Waals surface area contributed by atoms with Crippen LogP contribution in [0.25, 0.3) is 0 Å². The van der Waals surface area contributed by atoms with Crippen molar-refractivity contribution in [2.45, 2.75) is 20.3 Å². The minimum atomic E-state index is -0.652. The molecule has 0 aliphatic carbocycles. The summed E-state index contributed by atoms with van der Waals surface area (Å²) in [5.74, 6) is -1.06. The first-order chi connectivity index (χ1) is 11.0. The number of carbonyl (C=O) groups is 2. The first-order valence-corrected chi connectivity index (χ1v) is 7.25. The first-order valence-electron chi connectivity index (χ1n) is 7.25. The molecule has 1 N–H and O–H groups in total. The predicted molar refractivity (Wildman–Crippen MR) is 84.9 cm³/mol. The number of benzene rings is 1. The maximum Gasteiger partial charge on any atom is 0.339 e. The van der Waals surface area contributed by atoms with Gasteiger partial charge in [0.15, 0.2) is 19.0 Å². The Morgan fingerprint density at radius 3 is 2.57 bits per heavy atom. The summed E-state index contributed by atoms with van der Waals surface area (Å²) in [6.45, 7) is 3.52. The Morgan fingerprint density at radius 2 is 1.91 bits per heavy atom. The summed E-state index contributed by atoms with van der Waals surface area (Å²) in [6, 6.07) is 8.45. The van der Waals surface area contributed by atoms with E-state index in [1.807, 2.05) is 32.0 Å². The molecule has 6 heteroatoms. The lowest BCUT2D eigenvalue weighted by Gasteiger charge is -2.13. The fraction of sp³-hybridized carbons (Fsp3) is 0.235. The van der Waals surface area contributed by atoms with Gasteiger partial charge in [0.25, 0.3) is 5.91 Å². The zero-order chi connectivity index (χ0) is 16.8. The molecule has 6 nitrogen and oxygen atoms in total. The highest BCUT2D eigenvalue weighted by Crippen LogP contribution is 2.20. The summed E-state index contributed by atoms with van der Waals surface area (Å²) in [5, 5.41) is 13.7. The van der Waals surface area contributed by atoms with Gasteiger partial charge in [0.05, 0.1) is 5.56 Å². The molecule has 0 saturated heterocycles. The predicted octanol–water partition coefficient (Wildman–Crippen LogP) is 1.99. The van der Waals surface area contributed by atoms with Gasteiger partial charge in [0.1, 0.15) is 0 Å². The molecule has 0 bridgehead atoms. The number of hydrogen-bond donors (Lipinski definition) is 1. The highest BCUT2D eigenvalue weighted by atomic mass is 16.5. The van der Waals surface area contributed by atoms with E-state index in [-0.39, 0.29) is 12.2 Å². The van der Waals surface area contributed by atoms with Gasteiger partial charge in [-0.05, 0) is 24.5 Å². The summed E-state index contributed by atoms with van der Waals surface area (Å²) in [4.78, 5) is 23.8. The van der Waals surface area contributed by atoms with Crippen molar-refractivity contribution in [3.8, 4) is 0 Å². The molecule has 2 rings (SSSR count). The van der Waals surface area contributed by atoms with Gasteiger partial charge >= 0.3 is 5.97 Å². The maximum atomic E-state index is 12.0. The highest BCUT2D eigenvalue weighted by molar-refractivity contribution is 5.96. The van der Waals surface area contributed by atoms with Crippen LogP contribution in [0.15, 0.2) is 42.7 Å². The Labute approximate surface area is 134 Å². The van der Waals surface area contributed by atoms with Crippen LogP contribution < -0.4 is 10.0 Å². The molecule has 2 aromatic rings.